The molecule has 0 aromatic rings. The van der Waals surface area contributed by atoms with Gasteiger partial charge >= 0.3 is 0 Å². The predicted octanol–water partition coefficient (Wildman–Crippen LogP) is 3.57. The molecule has 1 aliphatic rings. The molecule has 0 saturated carbocycles. The maximum atomic E-state index is 5.93. The fourth-order valence-electron chi connectivity index (χ4n) is 0.999. The minimum Gasteiger partial charge on any atom is -0.0991 e. The van der Waals surface area contributed by atoms with Crippen LogP contribution in [0.3, 0.4) is 0 Å². The van der Waals surface area contributed by atoms with Gasteiger partial charge in [0.1, 0.15) is 0 Å². The van der Waals surface area contributed by atoms with Crippen LogP contribution >= 0.6 is 11.6 Å². The molecule has 1 rings (SSSR count). The summed E-state index contributed by atoms with van der Waals surface area (Å²) in [6.07, 6.45) is 11.9. The lowest BCUT2D eigenvalue weighted by molar-refractivity contribution is 0.985. The topological polar surface area (TPSA) is 0 Å². The van der Waals surface area contributed by atoms with E-state index < -0.39 is 0 Å². The van der Waals surface area contributed by atoms with Crippen molar-refractivity contribution >= 4 is 11.6 Å². The van der Waals surface area contributed by atoms with Crippen LogP contribution in [0.2, 0.25) is 0 Å². The van der Waals surface area contributed by atoms with E-state index in [1.807, 2.05) is 18.2 Å². The van der Waals surface area contributed by atoms with Crippen molar-refractivity contribution in [2.45, 2.75) is 12.8 Å². The van der Waals surface area contributed by atoms with Crippen molar-refractivity contribution in [3.05, 3.63) is 47.6 Å². The second-order valence-electron chi connectivity index (χ2n) is 2.41. The van der Waals surface area contributed by atoms with Gasteiger partial charge in [-0.1, -0.05) is 42.5 Å². The van der Waals surface area contributed by atoms with E-state index in [2.05, 4.69) is 12.7 Å². The highest BCUT2D eigenvalue weighted by Crippen LogP contribution is 2.22. The van der Waals surface area contributed by atoms with Crippen molar-refractivity contribution in [1.29, 1.82) is 0 Å². The lowest BCUT2D eigenvalue weighted by Gasteiger charge is -2.05. The first-order valence-electron chi connectivity index (χ1n) is 3.69. The van der Waals surface area contributed by atoms with E-state index in [1.165, 1.54) is 5.57 Å². The van der Waals surface area contributed by atoms with Crippen molar-refractivity contribution in [2.75, 3.05) is 0 Å². The number of allylic oxidation sites excluding steroid dienone is 7. The van der Waals surface area contributed by atoms with Crippen LogP contribution in [-0.2, 0) is 0 Å². The molecule has 0 aromatic carbocycles. The summed E-state index contributed by atoms with van der Waals surface area (Å²) in [5, 5.41) is 0.856. The molecule has 58 valence electrons. The lowest BCUT2D eigenvalue weighted by atomic mass is 10.0. The zero-order valence-corrected chi connectivity index (χ0v) is 7.14. The van der Waals surface area contributed by atoms with Gasteiger partial charge in [-0.25, -0.2) is 0 Å². The first-order valence-corrected chi connectivity index (χ1v) is 4.06. The molecule has 0 fully saturated rings. The molecule has 0 bridgehead atoms. The van der Waals surface area contributed by atoms with E-state index in [1.54, 1.807) is 6.08 Å². The van der Waals surface area contributed by atoms with Gasteiger partial charge in [0.25, 0.3) is 0 Å². The number of rotatable bonds is 2. The number of hydrogen-bond donors (Lipinski definition) is 0. The number of hydrogen-bond acceptors (Lipinski definition) is 0. The minimum atomic E-state index is 0.856. The average Bonchev–Trinajstić information content (AvgIpc) is 2.03. The summed E-state index contributed by atoms with van der Waals surface area (Å²) < 4.78 is 0. The van der Waals surface area contributed by atoms with Crippen molar-refractivity contribution in [1.82, 2.24) is 0 Å². The van der Waals surface area contributed by atoms with Crippen LogP contribution in [0.15, 0.2) is 47.6 Å². The maximum Gasteiger partial charge on any atom is 0.0434 e. The molecule has 0 nitrogen and oxygen atoms in total. The standard InChI is InChI=1S/C10H11Cl/c1-2-3-6-9-7-4-5-8-10(9)11/h2-3,5-6,8H,1,4,7H2/b6-3-. The van der Waals surface area contributed by atoms with Gasteiger partial charge in [-0.2, -0.15) is 0 Å². The highest BCUT2D eigenvalue weighted by atomic mass is 35.5. The van der Waals surface area contributed by atoms with Crippen LogP contribution in [0.1, 0.15) is 12.8 Å². The molecule has 0 heterocycles. The van der Waals surface area contributed by atoms with E-state index in [0.29, 0.717) is 0 Å². The molecule has 1 aliphatic carbocycles. The first-order chi connectivity index (χ1) is 5.34. The van der Waals surface area contributed by atoms with Gasteiger partial charge in [0.05, 0.1) is 0 Å². The first kappa shape index (κ1) is 8.35. The van der Waals surface area contributed by atoms with Gasteiger partial charge < -0.3 is 0 Å². The highest BCUT2D eigenvalue weighted by molar-refractivity contribution is 6.31. The van der Waals surface area contributed by atoms with Gasteiger partial charge in [0.2, 0.25) is 0 Å². The second-order valence-corrected chi connectivity index (χ2v) is 2.82. The Kier molecular flexibility index (Phi) is 3.18. The lowest BCUT2D eigenvalue weighted by Crippen LogP contribution is -1.86. The van der Waals surface area contributed by atoms with Crippen molar-refractivity contribution < 1.29 is 0 Å². The maximum absolute atomic E-state index is 5.93. The van der Waals surface area contributed by atoms with Crippen molar-refractivity contribution in [3.63, 3.8) is 0 Å². The minimum absolute atomic E-state index is 0.856. The third-order valence-corrected chi connectivity index (χ3v) is 1.95. The quantitative estimate of drug-likeness (QED) is 0.551. The summed E-state index contributed by atoms with van der Waals surface area (Å²) in [5.41, 5.74) is 1.20. The van der Waals surface area contributed by atoms with Crippen LogP contribution in [0, 0.1) is 0 Å². The van der Waals surface area contributed by atoms with E-state index in [9.17, 15) is 0 Å². The summed E-state index contributed by atoms with van der Waals surface area (Å²) in [6.45, 7) is 3.60. The molecule has 0 saturated heterocycles. The fourth-order valence-corrected chi connectivity index (χ4v) is 1.25. The molecule has 0 atom stereocenters. The Hall–Kier alpha value is -0.750. The smallest absolute Gasteiger partial charge is 0.0434 e. The Bertz CT molecular complexity index is 231. The van der Waals surface area contributed by atoms with E-state index in [-0.39, 0.29) is 0 Å². The summed E-state index contributed by atoms with van der Waals surface area (Å²) in [4.78, 5) is 0. The molecule has 0 amide bonds. The van der Waals surface area contributed by atoms with Crippen LogP contribution in [-0.4, -0.2) is 0 Å². The molecule has 0 aromatic heterocycles. The van der Waals surface area contributed by atoms with Gasteiger partial charge in [0, 0.05) is 5.03 Å². The highest BCUT2D eigenvalue weighted by Gasteiger charge is 2.01. The summed E-state index contributed by atoms with van der Waals surface area (Å²) in [7, 11) is 0. The third-order valence-electron chi connectivity index (χ3n) is 1.58. The summed E-state index contributed by atoms with van der Waals surface area (Å²) in [5.74, 6) is 0. The fraction of sp³-hybridized carbons (Fsp3) is 0.200. The monoisotopic (exact) mass is 166 g/mol. The van der Waals surface area contributed by atoms with E-state index in [0.717, 1.165) is 17.9 Å². The Morgan fingerprint density at radius 3 is 3.00 bits per heavy atom. The molecule has 1 heteroatoms. The zero-order chi connectivity index (χ0) is 8.10. The SMILES string of the molecule is C=C/C=C\C1=C(Cl)C=CCC1. The Morgan fingerprint density at radius 2 is 2.36 bits per heavy atom. The molecule has 0 unspecified atom stereocenters. The Labute approximate surface area is 72.6 Å². The molecule has 0 N–H and O–H groups in total. The van der Waals surface area contributed by atoms with E-state index in [4.69, 9.17) is 11.6 Å². The molecule has 11 heavy (non-hydrogen) atoms. The molecular weight excluding hydrogens is 156 g/mol. The largest absolute Gasteiger partial charge is 0.0991 e. The van der Waals surface area contributed by atoms with Crippen molar-refractivity contribution in [3.8, 4) is 0 Å². The summed E-state index contributed by atoms with van der Waals surface area (Å²) >= 11 is 5.93. The number of halogens is 1. The van der Waals surface area contributed by atoms with Crippen LogP contribution in [0.4, 0.5) is 0 Å². The van der Waals surface area contributed by atoms with Gasteiger partial charge in [0.15, 0.2) is 0 Å². The molecular formula is C10H11Cl. The van der Waals surface area contributed by atoms with E-state index >= 15 is 0 Å². The Balaban J connectivity index is 2.75. The normalized spacial score (nSPS) is 17.9. The molecule has 0 spiro atoms. The van der Waals surface area contributed by atoms with Gasteiger partial charge in [-0.05, 0) is 24.5 Å². The van der Waals surface area contributed by atoms with Gasteiger partial charge in [-0.3, -0.25) is 0 Å². The van der Waals surface area contributed by atoms with Crippen molar-refractivity contribution in [2.24, 2.45) is 0 Å². The Morgan fingerprint density at radius 1 is 1.55 bits per heavy atom. The molecule has 0 radical (unpaired) electrons. The second kappa shape index (κ2) is 4.20. The zero-order valence-electron chi connectivity index (χ0n) is 6.39. The average molecular weight is 167 g/mol. The third kappa shape index (κ3) is 2.39. The van der Waals surface area contributed by atoms with Crippen LogP contribution in [0.25, 0.3) is 0 Å². The van der Waals surface area contributed by atoms with Crippen LogP contribution < -0.4 is 0 Å². The van der Waals surface area contributed by atoms with Crippen LogP contribution in [0.5, 0.6) is 0 Å². The predicted molar refractivity (Wildman–Crippen MR) is 50.6 cm³/mol. The summed E-state index contributed by atoms with van der Waals surface area (Å²) in [6, 6.07) is 0. The molecule has 0 aliphatic heterocycles. The van der Waals surface area contributed by atoms with Gasteiger partial charge in [-0.15, -0.1) is 0 Å².